The summed E-state index contributed by atoms with van der Waals surface area (Å²) in [6.07, 6.45) is 15.8. The van der Waals surface area contributed by atoms with E-state index >= 15 is 0 Å². The average Bonchev–Trinajstić information content (AvgIpc) is 3.29. The minimum absolute atomic E-state index is 0.250. The topological polar surface area (TPSA) is 71.9 Å². The van der Waals surface area contributed by atoms with E-state index in [0.29, 0.717) is 5.57 Å². The van der Waals surface area contributed by atoms with Gasteiger partial charge in [-0.15, -0.1) is 0 Å². The van der Waals surface area contributed by atoms with Crippen molar-refractivity contribution < 1.29 is 8.42 Å². The molecule has 0 aromatic carbocycles. The van der Waals surface area contributed by atoms with Crippen molar-refractivity contribution in [2.45, 2.75) is 96.6 Å². The molecular formula is C27H41ClN2O3SSn. The zero-order valence-electron chi connectivity index (χ0n) is 21.9. The van der Waals surface area contributed by atoms with Crippen LogP contribution in [0.1, 0.15) is 73.1 Å². The van der Waals surface area contributed by atoms with Crippen LogP contribution in [0.25, 0.3) is 10.9 Å². The zero-order valence-corrected chi connectivity index (χ0v) is 26.3. The molecule has 3 rings (SSSR count). The Morgan fingerprint density at radius 2 is 1.66 bits per heavy atom. The first-order valence-electron chi connectivity index (χ1n) is 13.1. The van der Waals surface area contributed by atoms with Gasteiger partial charge in [-0.3, -0.25) is 0 Å². The quantitative estimate of drug-likeness (QED) is 0.217. The van der Waals surface area contributed by atoms with Crippen LogP contribution in [0.4, 0.5) is 0 Å². The maximum absolute atomic E-state index is 14.1. The first-order chi connectivity index (χ1) is 16.6. The Hall–Kier alpha value is -0.991. The third-order valence-corrected chi connectivity index (χ3v) is 26.9. The summed E-state index contributed by atoms with van der Waals surface area (Å²) < 4.78 is 33.1. The van der Waals surface area contributed by atoms with E-state index in [1.54, 1.807) is 38.3 Å². The first-order valence-corrected chi connectivity index (χ1v) is 22.4. The van der Waals surface area contributed by atoms with Crippen LogP contribution in [0.3, 0.4) is 0 Å². The van der Waals surface area contributed by atoms with Crippen molar-refractivity contribution >= 4 is 54.5 Å². The molecule has 194 valence electrons. The van der Waals surface area contributed by atoms with Crippen molar-refractivity contribution in [1.82, 2.24) is 8.96 Å². The van der Waals surface area contributed by atoms with Crippen LogP contribution in [0.2, 0.25) is 13.3 Å². The van der Waals surface area contributed by atoms with Gasteiger partial charge in [-0.1, -0.05) is 0 Å². The number of H-pyrrole nitrogens is 1. The Kier molecular flexibility index (Phi) is 9.47. The molecule has 35 heavy (non-hydrogen) atoms. The summed E-state index contributed by atoms with van der Waals surface area (Å²) in [5.41, 5.74) is 0.555. The van der Waals surface area contributed by atoms with Gasteiger partial charge in [0.25, 0.3) is 0 Å². The molecule has 1 aliphatic rings. The minimum atomic E-state index is -4.01. The molecule has 0 fully saturated rings. The molecular weight excluding hydrogens is 587 g/mol. The van der Waals surface area contributed by atoms with Crippen LogP contribution < -0.4 is 9.14 Å². The number of aromatic amines is 1. The van der Waals surface area contributed by atoms with E-state index in [1.165, 1.54) is 40.1 Å². The number of hydrogen-bond acceptors (Lipinski definition) is 3. The van der Waals surface area contributed by atoms with E-state index < -0.39 is 38.5 Å². The Morgan fingerprint density at radius 3 is 2.17 bits per heavy atom. The molecule has 0 bridgehead atoms. The van der Waals surface area contributed by atoms with Gasteiger partial charge >= 0.3 is 221 Å². The van der Waals surface area contributed by atoms with Crippen molar-refractivity contribution in [3.8, 4) is 0 Å². The number of nitrogens with one attached hydrogen (secondary N) is 1. The van der Waals surface area contributed by atoms with Crippen LogP contribution in [0.15, 0.2) is 47.1 Å². The van der Waals surface area contributed by atoms with Gasteiger partial charge in [0.1, 0.15) is 0 Å². The van der Waals surface area contributed by atoms with E-state index in [2.05, 4.69) is 25.8 Å². The molecule has 2 heterocycles. The number of halogens is 1. The summed E-state index contributed by atoms with van der Waals surface area (Å²) in [7, 11) is -4.01. The molecule has 0 amide bonds. The molecule has 1 N–H and O–H groups in total. The molecule has 8 heteroatoms. The van der Waals surface area contributed by atoms with Gasteiger partial charge in [0.2, 0.25) is 0 Å². The molecule has 0 radical (unpaired) electrons. The van der Waals surface area contributed by atoms with E-state index in [0.717, 1.165) is 24.6 Å². The van der Waals surface area contributed by atoms with Crippen LogP contribution in [0, 0.1) is 0 Å². The number of aromatic nitrogens is 2. The van der Waals surface area contributed by atoms with Crippen LogP contribution >= 0.6 is 11.6 Å². The second kappa shape index (κ2) is 11.6. The molecule has 0 spiro atoms. The second-order valence-electron chi connectivity index (χ2n) is 10.2. The van der Waals surface area contributed by atoms with Gasteiger partial charge in [-0.2, -0.15) is 0 Å². The summed E-state index contributed by atoms with van der Waals surface area (Å²) in [6, 6.07) is 1.87. The Balaban J connectivity index is 2.27. The third kappa shape index (κ3) is 5.08. The number of pyridine rings is 1. The first kappa shape index (κ1) is 28.6. The average molecular weight is 628 g/mol. The fourth-order valence-electron chi connectivity index (χ4n) is 5.52. The third-order valence-electron chi connectivity index (χ3n) is 8.03. The molecule has 0 saturated heterocycles. The summed E-state index contributed by atoms with van der Waals surface area (Å²) in [5.74, 6) is 0. The number of rotatable bonds is 12. The molecule has 2 aromatic heterocycles. The second-order valence-corrected chi connectivity index (χ2v) is 26.0. The van der Waals surface area contributed by atoms with Crippen molar-refractivity contribution in [3.63, 3.8) is 0 Å². The van der Waals surface area contributed by atoms with Crippen molar-refractivity contribution in [2.75, 3.05) is 0 Å². The van der Waals surface area contributed by atoms with E-state index in [1.807, 2.05) is 12.3 Å². The van der Waals surface area contributed by atoms with E-state index in [-0.39, 0.29) is 11.1 Å². The Morgan fingerprint density at radius 1 is 1.09 bits per heavy atom. The molecule has 2 atom stereocenters. The van der Waals surface area contributed by atoms with E-state index in [9.17, 15) is 13.2 Å². The van der Waals surface area contributed by atoms with E-state index in [4.69, 9.17) is 11.6 Å². The van der Waals surface area contributed by atoms with Gasteiger partial charge in [-0.05, 0) is 0 Å². The predicted molar refractivity (Wildman–Crippen MR) is 152 cm³/mol. The zero-order chi connectivity index (χ0) is 25.9. The number of hydrogen-bond donors (Lipinski definition) is 1. The summed E-state index contributed by atoms with van der Waals surface area (Å²) in [6.45, 7) is 10.2. The number of fused-ring (bicyclic) bond motifs is 1. The van der Waals surface area contributed by atoms with Crippen molar-refractivity contribution in [3.05, 3.63) is 52.6 Å². The standard InChI is InChI=1S/C15H14ClN2O3S.3C4H9.Sn/c1-10-4-3-5-12(16)15(10,2)22(20,21)18-9-7-11-6-8-17-14(19)13(11)18;3*1-3-4-2;/h3-5,7-9,12H,1-2H3,(H,17,19);3*1,3-4H2,2H3;. The summed E-state index contributed by atoms with van der Waals surface area (Å²) >= 11 is 3.65. The number of nitrogens with zero attached hydrogens (tertiary/aromatic N) is 1. The van der Waals surface area contributed by atoms with Gasteiger partial charge < -0.3 is 0 Å². The van der Waals surface area contributed by atoms with Gasteiger partial charge in [0.05, 0.1) is 0 Å². The fraction of sp³-hybridized carbons (Fsp3) is 0.593. The number of allylic oxidation sites excluding steroid dienone is 3. The molecule has 5 nitrogen and oxygen atoms in total. The summed E-state index contributed by atoms with van der Waals surface area (Å²) in [5, 5.41) is 0.105. The molecule has 0 saturated carbocycles. The number of unbranched alkanes of at least 4 members (excludes halogenated alkanes) is 3. The van der Waals surface area contributed by atoms with Crippen molar-refractivity contribution in [2.24, 2.45) is 0 Å². The monoisotopic (exact) mass is 628 g/mol. The normalized spacial score (nSPS) is 21.0. The molecule has 2 unspecified atom stereocenters. The van der Waals surface area contributed by atoms with Crippen LogP contribution in [-0.2, 0) is 10.0 Å². The fourth-order valence-corrected chi connectivity index (χ4v) is 24.6. The predicted octanol–water partition coefficient (Wildman–Crippen LogP) is 6.45. The van der Waals surface area contributed by atoms with Crippen LogP contribution in [0.5, 0.6) is 0 Å². The molecule has 0 aliphatic heterocycles. The maximum atomic E-state index is 14.1. The Labute approximate surface area is 220 Å². The van der Waals surface area contributed by atoms with Gasteiger partial charge in [0.15, 0.2) is 0 Å². The van der Waals surface area contributed by atoms with Crippen molar-refractivity contribution in [1.29, 1.82) is 0 Å². The molecule has 1 aliphatic carbocycles. The molecule has 2 aromatic rings. The summed E-state index contributed by atoms with van der Waals surface area (Å²) in [4.78, 5) is 16.2. The number of alkyl halides is 1. The van der Waals surface area contributed by atoms with Gasteiger partial charge in [-0.25, -0.2) is 0 Å². The Bertz CT molecular complexity index is 1240. The van der Waals surface area contributed by atoms with Crippen LogP contribution in [-0.4, -0.2) is 45.9 Å². The van der Waals surface area contributed by atoms with Gasteiger partial charge in [0, 0.05) is 0 Å². The SMILES string of the molecule is CCC[CH2][Sn]([CH2]CCC)([CH2]CCC)[c]1c[nH]c(=O)c2c1ccn2S(=O)(=O)C1(C)C(C)=CC=CC1Cl.